The van der Waals surface area contributed by atoms with E-state index in [4.69, 9.17) is 0 Å². The summed E-state index contributed by atoms with van der Waals surface area (Å²) in [5, 5.41) is 31.4. The van der Waals surface area contributed by atoms with Crippen LogP contribution in [0, 0.1) is 29.1 Å². The van der Waals surface area contributed by atoms with Crippen LogP contribution in [0.15, 0.2) is 0 Å². The van der Waals surface area contributed by atoms with E-state index in [0.717, 1.165) is 32.1 Å². The molecule has 130 valence electrons. The van der Waals surface area contributed by atoms with E-state index in [1.807, 2.05) is 0 Å². The highest BCUT2D eigenvalue weighted by molar-refractivity contribution is 5.05. The number of fused-ring (bicyclic) bond motifs is 1. The normalized spacial score (nSPS) is 45.8. The van der Waals surface area contributed by atoms with Gasteiger partial charge < -0.3 is 15.3 Å². The minimum Gasteiger partial charge on any atom is -0.393 e. The van der Waals surface area contributed by atoms with Gasteiger partial charge in [-0.15, -0.1) is 0 Å². The molecule has 2 saturated carbocycles. The van der Waals surface area contributed by atoms with E-state index in [1.165, 1.54) is 6.42 Å². The number of rotatable bonds is 5. The maximum absolute atomic E-state index is 10.7. The molecule has 0 aromatic rings. The smallest absolute Gasteiger partial charge is 0.0836 e. The second kappa shape index (κ2) is 7.19. The largest absolute Gasteiger partial charge is 0.393 e. The molecule has 0 amide bonds. The lowest BCUT2D eigenvalue weighted by atomic mass is 9.49. The molecule has 0 heterocycles. The van der Waals surface area contributed by atoms with E-state index in [1.54, 1.807) is 0 Å². The molecule has 0 aromatic carbocycles. The predicted molar refractivity (Wildman–Crippen MR) is 89.4 cm³/mol. The van der Waals surface area contributed by atoms with Crippen molar-refractivity contribution in [1.29, 1.82) is 0 Å². The van der Waals surface area contributed by atoms with Crippen LogP contribution in [-0.4, -0.2) is 33.6 Å². The van der Waals surface area contributed by atoms with Gasteiger partial charge in [0.2, 0.25) is 0 Å². The van der Waals surface area contributed by atoms with Crippen molar-refractivity contribution in [2.75, 3.05) is 0 Å². The van der Waals surface area contributed by atoms with Crippen molar-refractivity contribution in [2.24, 2.45) is 29.1 Å². The molecule has 3 heteroatoms. The molecular formula is C19H36O3. The van der Waals surface area contributed by atoms with E-state index in [9.17, 15) is 15.3 Å². The molecule has 2 rings (SSSR count). The molecule has 0 saturated heterocycles. The predicted octanol–water partition coefficient (Wildman–Crippen LogP) is 3.36. The maximum Gasteiger partial charge on any atom is 0.0836 e. The van der Waals surface area contributed by atoms with Crippen LogP contribution in [-0.2, 0) is 0 Å². The van der Waals surface area contributed by atoms with E-state index >= 15 is 0 Å². The minimum absolute atomic E-state index is 0.0394. The number of aliphatic hydroxyl groups excluding tert-OH is 3. The molecule has 2 aliphatic rings. The van der Waals surface area contributed by atoms with Crippen LogP contribution in [0.5, 0.6) is 0 Å². The first kappa shape index (κ1) is 18.2. The fourth-order valence-corrected chi connectivity index (χ4v) is 5.45. The zero-order valence-electron chi connectivity index (χ0n) is 14.8. The zero-order chi connectivity index (χ0) is 16.5. The molecule has 7 atom stereocenters. The van der Waals surface area contributed by atoms with Gasteiger partial charge >= 0.3 is 0 Å². The van der Waals surface area contributed by atoms with Crippen LogP contribution < -0.4 is 0 Å². The molecule has 0 bridgehead atoms. The van der Waals surface area contributed by atoms with Gasteiger partial charge in [-0.1, -0.05) is 47.0 Å². The third-order valence-electron chi connectivity index (χ3n) is 6.71. The SMILES string of the molecule is CCC1C(CCCC(C)C)[C@H](O)[C@H](O)C2C[C@H](O)CC[C@]12C. The molecule has 3 unspecified atom stereocenters. The van der Waals surface area contributed by atoms with Crippen molar-refractivity contribution >= 4 is 0 Å². The Balaban J connectivity index is 2.17. The zero-order valence-corrected chi connectivity index (χ0v) is 14.8. The van der Waals surface area contributed by atoms with Crippen LogP contribution >= 0.6 is 0 Å². The highest BCUT2D eigenvalue weighted by Crippen LogP contribution is 2.57. The molecule has 0 spiro atoms. The van der Waals surface area contributed by atoms with Gasteiger partial charge in [0.1, 0.15) is 0 Å². The average Bonchev–Trinajstić information content (AvgIpc) is 2.46. The van der Waals surface area contributed by atoms with E-state index < -0.39 is 12.2 Å². The monoisotopic (exact) mass is 312 g/mol. The number of hydrogen-bond donors (Lipinski definition) is 3. The van der Waals surface area contributed by atoms with Crippen molar-refractivity contribution in [2.45, 2.75) is 91.0 Å². The Bertz CT molecular complexity index is 357. The van der Waals surface area contributed by atoms with Gasteiger partial charge in [-0.3, -0.25) is 0 Å². The van der Waals surface area contributed by atoms with Gasteiger partial charge in [-0.25, -0.2) is 0 Å². The highest BCUT2D eigenvalue weighted by Gasteiger charge is 2.56. The standard InChI is InChI=1S/C19H36O3/c1-5-15-14(8-6-7-12(2)3)17(21)18(22)16-11-13(20)9-10-19(15,16)4/h12-18,20-22H,5-11H2,1-4H3/t13-,14?,15?,16?,17+,18-,19-/m1/s1. The summed E-state index contributed by atoms with van der Waals surface area (Å²) in [4.78, 5) is 0. The quantitative estimate of drug-likeness (QED) is 0.729. The van der Waals surface area contributed by atoms with Gasteiger partial charge in [0.25, 0.3) is 0 Å². The second-order valence-electron chi connectivity index (χ2n) is 8.53. The van der Waals surface area contributed by atoms with Crippen LogP contribution in [0.4, 0.5) is 0 Å². The van der Waals surface area contributed by atoms with Crippen LogP contribution in [0.2, 0.25) is 0 Å². The molecule has 0 radical (unpaired) electrons. The molecule has 22 heavy (non-hydrogen) atoms. The molecule has 0 aromatic heterocycles. The van der Waals surface area contributed by atoms with Crippen LogP contribution in [0.1, 0.15) is 72.6 Å². The summed E-state index contributed by atoms with van der Waals surface area (Å²) in [5.74, 6) is 1.39. The summed E-state index contributed by atoms with van der Waals surface area (Å²) >= 11 is 0. The van der Waals surface area contributed by atoms with Gasteiger partial charge in [-0.2, -0.15) is 0 Å². The van der Waals surface area contributed by atoms with Gasteiger partial charge in [0.05, 0.1) is 18.3 Å². The molecule has 2 fully saturated rings. The summed E-state index contributed by atoms with van der Waals surface area (Å²) in [7, 11) is 0. The minimum atomic E-state index is -0.674. The van der Waals surface area contributed by atoms with Crippen molar-refractivity contribution in [3.63, 3.8) is 0 Å². The molecule has 2 aliphatic carbocycles. The van der Waals surface area contributed by atoms with Crippen LogP contribution in [0.3, 0.4) is 0 Å². The van der Waals surface area contributed by atoms with Crippen molar-refractivity contribution in [1.82, 2.24) is 0 Å². The summed E-state index contributed by atoms with van der Waals surface area (Å²) in [6.07, 6.45) is 5.23. The molecular weight excluding hydrogens is 276 g/mol. The Kier molecular flexibility index (Phi) is 5.95. The lowest BCUT2D eigenvalue weighted by molar-refractivity contribution is -0.189. The Hall–Kier alpha value is -0.120. The lowest BCUT2D eigenvalue weighted by Crippen LogP contribution is -2.59. The summed E-state index contributed by atoms with van der Waals surface area (Å²) in [6, 6.07) is 0. The fraction of sp³-hybridized carbons (Fsp3) is 1.00. The topological polar surface area (TPSA) is 60.7 Å². The van der Waals surface area contributed by atoms with E-state index in [-0.39, 0.29) is 23.4 Å². The fourth-order valence-electron chi connectivity index (χ4n) is 5.45. The van der Waals surface area contributed by atoms with E-state index in [2.05, 4.69) is 27.7 Å². The first-order valence-electron chi connectivity index (χ1n) is 9.35. The summed E-state index contributed by atoms with van der Waals surface area (Å²) < 4.78 is 0. The van der Waals surface area contributed by atoms with Gasteiger partial charge in [0, 0.05) is 0 Å². The first-order valence-corrected chi connectivity index (χ1v) is 9.35. The van der Waals surface area contributed by atoms with Gasteiger partial charge in [0.15, 0.2) is 0 Å². The van der Waals surface area contributed by atoms with Gasteiger partial charge in [-0.05, 0) is 54.8 Å². The average molecular weight is 312 g/mol. The lowest BCUT2D eigenvalue weighted by Gasteiger charge is -2.58. The molecule has 3 N–H and O–H groups in total. The van der Waals surface area contributed by atoms with Crippen molar-refractivity contribution in [3.8, 4) is 0 Å². The van der Waals surface area contributed by atoms with Crippen molar-refractivity contribution in [3.05, 3.63) is 0 Å². The molecule has 0 aliphatic heterocycles. The third-order valence-corrected chi connectivity index (χ3v) is 6.71. The third kappa shape index (κ3) is 3.37. The highest BCUT2D eigenvalue weighted by atomic mass is 16.3. The Labute approximate surface area is 136 Å². The Morgan fingerprint density at radius 3 is 2.41 bits per heavy atom. The Morgan fingerprint density at radius 1 is 1.14 bits per heavy atom. The number of hydrogen-bond acceptors (Lipinski definition) is 3. The number of aliphatic hydroxyl groups is 3. The van der Waals surface area contributed by atoms with Crippen molar-refractivity contribution < 1.29 is 15.3 Å². The molecule has 3 nitrogen and oxygen atoms in total. The summed E-state index contributed by atoms with van der Waals surface area (Å²) in [5.41, 5.74) is 0.0646. The summed E-state index contributed by atoms with van der Waals surface area (Å²) in [6.45, 7) is 8.99. The maximum atomic E-state index is 10.7. The second-order valence-corrected chi connectivity index (χ2v) is 8.53. The first-order chi connectivity index (χ1) is 10.3. The van der Waals surface area contributed by atoms with Crippen LogP contribution in [0.25, 0.3) is 0 Å². The van der Waals surface area contributed by atoms with E-state index in [0.29, 0.717) is 18.3 Å². The Morgan fingerprint density at radius 2 is 1.82 bits per heavy atom.